The number of hydrogen-bond acceptors (Lipinski definition) is 2. The van der Waals surface area contributed by atoms with E-state index >= 15 is 0 Å². The summed E-state index contributed by atoms with van der Waals surface area (Å²) in [6.45, 7) is 6.87. The van der Waals surface area contributed by atoms with Gasteiger partial charge in [-0.25, -0.2) is 4.39 Å². The van der Waals surface area contributed by atoms with Gasteiger partial charge in [0.05, 0.1) is 11.6 Å². The number of hydrogen-bond donors (Lipinski definition) is 0. The maximum atomic E-state index is 13.2. The van der Waals surface area contributed by atoms with Gasteiger partial charge >= 0.3 is 0 Å². The molecule has 0 saturated carbocycles. The largest absolute Gasteiger partial charge is 0.299 e. The predicted molar refractivity (Wildman–Crippen MR) is 67.0 cm³/mol. The number of nitriles is 1. The Labute approximate surface area is 103 Å². The molecule has 2 nitrogen and oxygen atoms in total. The van der Waals surface area contributed by atoms with Crippen molar-refractivity contribution >= 4 is 0 Å². The van der Waals surface area contributed by atoms with E-state index in [2.05, 4.69) is 24.8 Å². The Balaban J connectivity index is 2.84. The van der Waals surface area contributed by atoms with Gasteiger partial charge in [-0.3, -0.25) is 4.90 Å². The van der Waals surface area contributed by atoms with Crippen molar-refractivity contribution in [2.24, 2.45) is 0 Å². The lowest BCUT2D eigenvalue weighted by Gasteiger charge is -2.21. The fourth-order valence-corrected chi connectivity index (χ4v) is 1.95. The van der Waals surface area contributed by atoms with E-state index in [4.69, 9.17) is 5.26 Å². The third kappa shape index (κ3) is 4.16. The lowest BCUT2D eigenvalue weighted by atomic mass is 10.1. The molecule has 0 atom stereocenters. The first-order chi connectivity index (χ1) is 8.21. The summed E-state index contributed by atoms with van der Waals surface area (Å²) in [5.74, 6) is -0.271. The van der Waals surface area contributed by atoms with Crippen molar-refractivity contribution < 1.29 is 4.39 Å². The van der Waals surface area contributed by atoms with Crippen LogP contribution in [0.1, 0.15) is 37.8 Å². The van der Waals surface area contributed by atoms with Gasteiger partial charge in [-0.1, -0.05) is 13.8 Å². The Morgan fingerprint density at radius 1 is 1.24 bits per heavy atom. The van der Waals surface area contributed by atoms with Crippen LogP contribution in [-0.4, -0.2) is 18.0 Å². The van der Waals surface area contributed by atoms with E-state index in [1.165, 1.54) is 12.1 Å². The van der Waals surface area contributed by atoms with Crippen LogP contribution in [0, 0.1) is 17.1 Å². The lowest BCUT2D eigenvalue weighted by molar-refractivity contribution is 0.266. The van der Waals surface area contributed by atoms with E-state index in [0.717, 1.165) is 31.5 Å². The van der Waals surface area contributed by atoms with E-state index < -0.39 is 0 Å². The zero-order chi connectivity index (χ0) is 12.7. The monoisotopic (exact) mass is 234 g/mol. The topological polar surface area (TPSA) is 27.0 Å². The van der Waals surface area contributed by atoms with E-state index in [1.54, 1.807) is 6.07 Å². The van der Waals surface area contributed by atoms with Crippen molar-refractivity contribution in [2.45, 2.75) is 33.2 Å². The van der Waals surface area contributed by atoms with Crippen LogP contribution in [0.4, 0.5) is 4.39 Å². The zero-order valence-corrected chi connectivity index (χ0v) is 10.5. The van der Waals surface area contributed by atoms with Crippen LogP contribution in [0.15, 0.2) is 18.2 Å². The molecule has 1 rings (SSSR count). The molecule has 3 heteroatoms. The molecule has 0 aliphatic rings. The minimum atomic E-state index is -0.271. The molecule has 0 fully saturated rings. The van der Waals surface area contributed by atoms with Crippen LogP contribution in [0.25, 0.3) is 0 Å². The van der Waals surface area contributed by atoms with Gasteiger partial charge in [0.1, 0.15) is 5.82 Å². The molecule has 1 aromatic carbocycles. The Morgan fingerprint density at radius 2 is 1.88 bits per heavy atom. The highest BCUT2D eigenvalue weighted by Gasteiger charge is 2.09. The van der Waals surface area contributed by atoms with E-state index in [9.17, 15) is 4.39 Å². The molecule has 0 bridgehead atoms. The number of nitrogens with zero attached hydrogens (tertiary/aromatic N) is 2. The van der Waals surface area contributed by atoms with Gasteiger partial charge in [-0.2, -0.15) is 5.26 Å². The lowest BCUT2D eigenvalue weighted by Crippen LogP contribution is -2.25. The minimum absolute atomic E-state index is 0.271. The molecule has 1 aromatic rings. The highest BCUT2D eigenvalue weighted by atomic mass is 19.1. The quantitative estimate of drug-likeness (QED) is 0.755. The van der Waals surface area contributed by atoms with Gasteiger partial charge in [0.25, 0.3) is 0 Å². The first-order valence-corrected chi connectivity index (χ1v) is 6.12. The van der Waals surface area contributed by atoms with E-state index in [0.29, 0.717) is 12.1 Å². The van der Waals surface area contributed by atoms with Crippen molar-refractivity contribution in [3.63, 3.8) is 0 Å². The molecule has 92 valence electrons. The number of benzene rings is 1. The highest BCUT2D eigenvalue weighted by Crippen LogP contribution is 2.13. The number of halogens is 1. The molecular weight excluding hydrogens is 215 g/mol. The second-order valence-electron chi connectivity index (χ2n) is 4.19. The molecule has 0 radical (unpaired) electrons. The molecule has 0 aromatic heterocycles. The van der Waals surface area contributed by atoms with Gasteiger partial charge < -0.3 is 0 Å². The van der Waals surface area contributed by atoms with Gasteiger partial charge in [0, 0.05) is 6.54 Å². The molecule has 0 unspecified atom stereocenters. The van der Waals surface area contributed by atoms with Crippen LogP contribution in [0.5, 0.6) is 0 Å². The highest BCUT2D eigenvalue weighted by molar-refractivity contribution is 5.37. The first-order valence-electron chi connectivity index (χ1n) is 6.12. The summed E-state index contributed by atoms with van der Waals surface area (Å²) >= 11 is 0. The van der Waals surface area contributed by atoms with Gasteiger partial charge in [-0.05, 0) is 49.7 Å². The summed E-state index contributed by atoms with van der Waals surface area (Å²) in [6.07, 6.45) is 2.13. The van der Waals surface area contributed by atoms with Crippen LogP contribution in [-0.2, 0) is 6.54 Å². The summed E-state index contributed by atoms with van der Waals surface area (Å²) in [7, 11) is 0. The minimum Gasteiger partial charge on any atom is -0.299 e. The Kier molecular flexibility index (Phi) is 5.65. The first kappa shape index (κ1) is 13.7. The van der Waals surface area contributed by atoms with E-state index in [-0.39, 0.29) is 5.82 Å². The van der Waals surface area contributed by atoms with Crippen LogP contribution in [0.3, 0.4) is 0 Å². The Bertz CT molecular complexity index is 390. The van der Waals surface area contributed by atoms with Gasteiger partial charge in [0.2, 0.25) is 0 Å². The molecular formula is C14H19FN2. The van der Waals surface area contributed by atoms with Crippen molar-refractivity contribution in [3.8, 4) is 6.07 Å². The summed E-state index contributed by atoms with van der Waals surface area (Å²) in [5.41, 5.74) is 1.36. The molecule has 0 saturated heterocycles. The SMILES string of the molecule is CCCN(CCC)Cc1cc(F)ccc1C#N. The number of rotatable bonds is 6. The van der Waals surface area contributed by atoms with Crippen LogP contribution < -0.4 is 0 Å². The second kappa shape index (κ2) is 7.03. The summed E-state index contributed by atoms with van der Waals surface area (Å²) in [4.78, 5) is 2.26. The van der Waals surface area contributed by atoms with Crippen molar-refractivity contribution in [1.29, 1.82) is 5.26 Å². The predicted octanol–water partition coefficient (Wildman–Crippen LogP) is 3.32. The normalized spacial score (nSPS) is 10.5. The summed E-state index contributed by atoms with van der Waals surface area (Å²) in [6, 6.07) is 6.48. The Hall–Kier alpha value is -1.40. The second-order valence-corrected chi connectivity index (χ2v) is 4.19. The van der Waals surface area contributed by atoms with Gasteiger partial charge in [-0.15, -0.1) is 0 Å². The molecule has 17 heavy (non-hydrogen) atoms. The van der Waals surface area contributed by atoms with Crippen molar-refractivity contribution in [3.05, 3.63) is 35.1 Å². The molecule has 0 spiro atoms. The molecule has 0 N–H and O–H groups in total. The van der Waals surface area contributed by atoms with Gasteiger partial charge in [0.15, 0.2) is 0 Å². The average molecular weight is 234 g/mol. The van der Waals surface area contributed by atoms with Crippen LogP contribution >= 0.6 is 0 Å². The smallest absolute Gasteiger partial charge is 0.123 e. The standard InChI is InChI=1S/C14H19FN2/c1-3-7-17(8-4-2)11-13-9-14(15)6-5-12(13)10-16/h5-6,9H,3-4,7-8,11H2,1-2H3. The molecule has 0 heterocycles. The van der Waals surface area contributed by atoms with Crippen LogP contribution in [0.2, 0.25) is 0 Å². The fourth-order valence-electron chi connectivity index (χ4n) is 1.95. The fraction of sp³-hybridized carbons (Fsp3) is 0.500. The Morgan fingerprint density at radius 3 is 2.41 bits per heavy atom. The summed E-state index contributed by atoms with van der Waals surface area (Å²) < 4.78 is 13.2. The zero-order valence-electron chi connectivity index (χ0n) is 10.5. The average Bonchev–Trinajstić information content (AvgIpc) is 2.30. The molecule has 0 aliphatic carbocycles. The van der Waals surface area contributed by atoms with E-state index in [1.807, 2.05) is 0 Å². The third-order valence-corrected chi connectivity index (χ3v) is 2.66. The van der Waals surface area contributed by atoms with Crippen molar-refractivity contribution in [1.82, 2.24) is 4.90 Å². The third-order valence-electron chi connectivity index (χ3n) is 2.66. The maximum absolute atomic E-state index is 13.2. The van der Waals surface area contributed by atoms with Crippen molar-refractivity contribution in [2.75, 3.05) is 13.1 Å². The molecule has 0 amide bonds. The molecule has 0 aliphatic heterocycles. The maximum Gasteiger partial charge on any atom is 0.123 e. The summed E-state index contributed by atoms with van der Waals surface area (Å²) in [5, 5.41) is 8.99.